The molecule has 0 aliphatic heterocycles. The number of aromatic nitrogens is 2. The molecule has 0 amide bonds. The van der Waals surface area contributed by atoms with Crippen LogP contribution in [0.2, 0.25) is 0 Å². The molecule has 0 saturated heterocycles. The van der Waals surface area contributed by atoms with Crippen molar-refractivity contribution in [1.82, 2.24) is 9.55 Å². The molecule has 2 heterocycles. The summed E-state index contributed by atoms with van der Waals surface area (Å²) in [5, 5.41) is 19.5. The maximum Gasteiger partial charge on any atom is 0.357 e. The third-order valence-electron chi connectivity index (χ3n) is 5.18. The van der Waals surface area contributed by atoms with Crippen molar-refractivity contribution < 1.29 is 19.4 Å². The number of carboxylic acids is 1. The highest BCUT2D eigenvalue weighted by molar-refractivity contribution is 6.04. The molecule has 8 heteroatoms. The standard InChI is InChI=1S/C24H18N4O4/c1-13-3-8-19-17(9-13)18(23(29)30)10-20(27-19)14-4-6-16(7-5-14)28-12-15(11-25)21(26)22(28)24(31)32-2/h3-10,12H,26H2,1-2H3,(H,29,30). The summed E-state index contributed by atoms with van der Waals surface area (Å²) < 4.78 is 6.29. The lowest BCUT2D eigenvalue weighted by Crippen LogP contribution is -2.11. The fourth-order valence-electron chi connectivity index (χ4n) is 3.58. The molecular weight excluding hydrogens is 408 g/mol. The first-order valence-electron chi connectivity index (χ1n) is 9.58. The van der Waals surface area contributed by atoms with E-state index >= 15 is 0 Å². The van der Waals surface area contributed by atoms with Gasteiger partial charge in [-0.2, -0.15) is 5.26 Å². The molecule has 0 radical (unpaired) electrons. The van der Waals surface area contributed by atoms with Crippen LogP contribution >= 0.6 is 0 Å². The molecular formula is C24H18N4O4. The van der Waals surface area contributed by atoms with Crippen LogP contribution in [-0.2, 0) is 4.74 Å². The van der Waals surface area contributed by atoms with Crippen molar-refractivity contribution in [3.8, 4) is 23.0 Å². The number of nitrogens with zero attached hydrogens (tertiary/aromatic N) is 3. The number of nitriles is 1. The average Bonchev–Trinajstić information content (AvgIpc) is 3.14. The number of nitrogen functional groups attached to an aromatic ring is 1. The number of carbonyl (C=O) groups excluding carboxylic acids is 1. The number of benzene rings is 2. The number of methoxy groups -OCH3 is 1. The van der Waals surface area contributed by atoms with Crippen molar-refractivity contribution in [2.75, 3.05) is 12.8 Å². The number of pyridine rings is 1. The quantitative estimate of drug-likeness (QED) is 0.473. The highest BCUT2D eigenvalue weighted by Crippen LogP contribution is 2.29. The molecule has 3 N–H and O–H groups in total. The Morgan fingerprint density at radius 1 is 1.16 bits per heavy atom. The van der Waals surface area contributed by atoms with Crippen LogP contribution in [-0.4, -0.2) is 33.7 Å². The second kappa shape index (κ2) is 7.89. The van der Waals surface area contributed by atoms with Crippen molar-refractivity contribution in [2.24, 2.45) is 0 Å². The fourth-order valence-corrected chi connectivity index (χ4v) is 3.58. The molecule has 0 saturated carbocycles. The number of hydrogen-bond donors (Lipinski definition) is 2. The minimum atomic E-state index is -1.03. The van der Waals surface area contributed by atoms with Gasteiger partial charge in [0.25, 0.3) is 0 Å². The van der Waals surface area contributed by atoms with E-state index in [0.717, 1.165) is 5.56 Å². The van der Waals surface area contributed by atoms with Crippen LogP contribution < -0.4 is 5.73 Å². The van der Waals surface area contributed by atoms with E-state index in [-0.39, 0.29) is 22.5 Å². The van der Waals surface area contributed by atoms with Gasteiger partial charge in [-0.05, 0) is 37.3 Å². The molecule has 32 heavy (non-hydrogen) atoms. The zero-order chi connectivity index (χ0) is 23.0. The Morgan fingerprint density at radius 2 is 1.88 bits per heavy atom. The summed E-state index contributed by atoms with van der Waals surface area (Å²) in [6.45, 7) is 1.89. The van der Waals surface area contributed by atoms with E-state index in [1.54, 1.807) is 42.5 Å². The first kappa shape index (κ1) is 20.6. The van der Waals surface area contributed by atoms with Gasteiger partial charge in [0.15, 0.2) is 5.69 Å². The number of ether oxygens (including phenoxy) is 1. The van der Waals surface area contributed by atoms with Gasteiger partial charge in [0.1, 0.15) is 6.07 Å². The molecule has 0 fully saturated rings. The molecule has 8 nitrogen and oxygen atoms in total. The van der Waals surface area contributed by atoms with Crippen molar-refractivity contribution >= 4 is 28.5 Å². The number of aryl methyl sites for hydroxylation is 1. The van der Waals surface area contributed by atoms with E-state index in [1.165, 1.54) is 17.9 Å². The Hall–Kier alpha value is -4.64. The minimum absolute atomic E-state index is 0.0426. The molecule has 4 rings (SSSR count). The van der Waals surface area contributed by atoms with E-state index in [1.807, 2.05) is 19.1 Å². The number of fused-ring (bicyclic) bond motifs is 1. The summed E-state index contributed by atoms with van der Waals surface area (Å²) in [5.41, 5.74) is 9.69. The predicted octanol–water partition coefficient (Wildman–Crippen LogP) is 3.94. The predicted molar refractivity (Wildman–Crippen MR) is 119 cm³/mol. The van der Waals surface area contributed by atoms with Crippen molar-refractivity contribution in [3.05, 3.63) is 77.1 Å². The number of carbonyl (C=O) groups is 2. The van der Waals surface area contributed by atoms with Crippen molar-refractivity contribution in [1.29, 1.82) is 5.26 Å². The van der Waals surface area contributed by atoms with Crippen LogP contribution in [0.1, 0.15) is 32.0 Å². The maximum absolute atomic E-state index is 12.2. The van der Waals surface area contributed by atoms with Crippen molar-refractivity contribution in [3.63, 3.8) is 0 Å². The van der Waals surface area contributed by atoms with Crippen LogP contribution in [0.3, 0.4) is 0 Å². The molecule has 4 aromatic rings. The number of esters is 1. The Balaban J connectivity index is 1.82. The number of carboxylic acid groups (broad SMARTS) is 1. The lowest BCUT2D eigenvalue weighted by atomic mass is 10.0. The smallest absolute Gasteiger partial charge is 0.357 e. The molecule has 0 atom stereocenters. The van der Waals surface area contributed by atoms with Crippen LogP contribution in [0, 0.1) is 18.3 Å². The number of nitrogens with two attached hydrogens (primary N) is 1. The Bertz CT molecular complexity index is 1430. The first-order valence-corrected chi connectivity index (χ1v) is 9.58. The monoisotopic (exact) mass is 426 g/mol. The maximum atomic E-state index is 12.2. The van der Waals surface area contributed by atoms with Crippen LogP contribution in [0.25, 0.3) is 27.8 Å². The van der Waals surface area contributed by atoms with Gasteiger partial charge in [-0.3, -0.25) is 0 Å². The highest BCUT2D eigenvalue weighted by atomic mass is 16.5. The van der Waals surface area contributed by atoms with Gasteiger partial charge in [0.2, 0.25) is 0 Å². The third kappa shape index (κ3) is 3.42. The molecule has 0 unspecified atom stereocenters. The summed E-state index contributed by atoms with van der Waals surface area (Å²) in [6.07, 6.45) is 1.47. The molecule has 2 aromatic heterocycles. The highest BCUT2D eigenvalue weighted by Gasteiger charge is 2.22. The van der Waals surface area contributed by atoms with Crippen LogP contribution in [0.5, 0.6) is 0 Å². The zero-order valence-electron chi connectivity index (χ0n) is 17.3. The lowest BCUT2D eigenvalue weighted by Gasteiger charge is -2.11. The Labute approximate surface area is 183 Å². The van der Waals surface area contributed by atoms with Crippen molar-refractivity contribution in [2.45, 2.75) is 6.92 Å². The number of anilines is 1. The fraction of sp³-hybridized carbons (Fsp3) is 0.0833. The second-order valence-corrected chi connectivity index (χ2v) is 7.21. The SMILES string of the molecule is COC(=O)c1c(N)c(C#N)cn1-c1ccc(-c2cc(C(=O)O)c3cc(C)ccc3n2)cc1. The Kier molecular flexibility index (Phi) is 5.08. The van der Waals surface area contributed by atoms with Gasteiger partial charge in [0.05, 0.1) is 35.1 Å². The van der Waals surface area contributed by atoms with Crippen LogP contribution in [0.15, 0.2) is 54.7 Å². The topological polar surface area (TPSA) is 131 Å². The summed E-state index contributed by atoms with van der Waals surface area (Å²) in [6, 6.07) is 15.9. The van der Waals surface area contributed by atoms with E-state index in [4.69, 9.17) is 10.5 Å². The van der Waals surface area contributed by atoms with Gasteiger partial charge in [-0.25, -0.2) is 14.6 Å². The number of rotatable bonds is 4. The summed E-state index contributed by atoms with van der Waals surface area (Å²) in [5.74, 6) is -1.69. The van der Waals surface area contributed by atoms with Gasteiger partial charge in [0, 0.05) is 22.8 Å². The second-order valence-electron chi connectivity index (χ2n) is 7.21. The van der Waals surface area contributed by atoms with Crippen LogP contribution in [0.4, 0.5) is 5.69 Å². The third-order valence-corrected chi connectivity index (χ3v) is 5.18. The molecule has 0 aliphatic rings. The van der Waals surface area contributed by atoms with Gasteiger partial charge in [-0.1, -0.05) is 23.8 Å². The summed E-state index contributed by atoms with van der Waals surface area (Å²) in [7, 11) is 1.24. The average molecular weight is 426 g/mol. The molecule has 2 aromatic carbocycles. The number of hydrogen-bond acceptors (Lipinski definition) is 6. The minimum Gasteiger partial charge on any atom is -0.478 e. The normalized spacial score (nSPS) is 10.7. The van der Waals surface area contributed by atoms with E-state index < -0.39 is 11.9 Å². The Morgan fingerprint density at radius 3 is 2.50 bits per heavy atom. The van der Waals surface area contributed by atoms with Gasteiger partial charge >= 0.3 is 11.9 Å². The van der Waals surface area contributed by atoms with Gasteiger partial charge in [-0.15, -0.1) is 0 Å². The van der Waals surface area contributed by atoms with Gasteiger partial charge < -0.3 is 20.1 Å². The number of aromatic carboxylic acids is 1. The summed E-state index contributed by atoms with van der Waals surface area (Å²) in [4.78, 5) is 28.6. The van der Waals surface area contributed by atoms with E-state index in [0.29, 0.717) is 27.8 Å². The molecule has 0 spiro atoms. The molecule has 0 bridgehead atoms. The van der Waals surface area contributed by atoms with E-state index in [2.05, 4.69) is 4.98 Å². The first-order chi connectivity index (χ1) is 15.3. The summed E-state index contributed by atoms with van der Waals surface area (Å²) >= 11 is 0. The zero-order valence-corrected chi connectivity index (χ0v) is 17.3. The lowest BCUT2D eigenvalue weighted by molar-refractivity contribution is 0.0592. The molecule has 158 valence electrons. The molecule has 0 aliphatic carbocycles. The van der Waals surface area contributed by atoms with E-state index in [9.17, 15) is 20.0 Å². The largest absolute Gasteiger partial charge is 0.478 e.